The fraction of sp³-hybridized carbons (Fsp3) is 0.364. The maximum Gasteiger partial charge on any atom is 0.338 e. The van der Waals surface area contributed by atoms with Crippen LogP contribution in [0.15, 0.2) is 48.5 Å². The van der Waals surface area contributed by atoms with E-state index in [1.165, 1.54) is 0 Å². The van der Waals surface area contributed by atoms with Gasteiger partial charge in [0.1, 0.15) is 12.4 Å². The number of hydrogen-bond acceptors (Lipinski definition) is 5. The Balaban J connectivity index is 2.04. The van der Waals surface area contributed by atoms with Crippen molar-refractivity contribution in [2.75, 3.05) is 6.61 Å². The molecule has 0 radical (unpaired) electrons. The molecule has 6 nitrogen and oxygen atoms in total. The lowest BCUT2D eigenvalue weighted by atomic mass is 10.0. The first-order valence-electron chi connectivity index (χ1n) is 9.25. The minimum atomic E-state index is -1.02. The van der Waals surface area contributed by atoms with E-state index in [0.717, 1.165) is 11.1 Å². The molecule has 1 atom stereocenters. The van der Waals surface area contributed by atoms with Gasteiger partial charge in [0.2, 0.25) is 0 Å². The summed E-state index contributed by atoms with van der Waals surface area (Å²) in [5, 5.41) is 9.38. The van der Waals surface area contributed by atoms with E-state index in [1.807, 2.05) is 31.2 Å². The van der Waals surface area contributed by atoms with Crippen molar-refractivity contribution in [3.63, 3.8) is 0 Å². The summed E-state index contributed by atoms with van der Waals surface area (Å²) in [6.45, 7) is 6.08. The third-order valence-electron chi connectivity index (χ3n) is 4.00. The van der Waals surface area contributed by atoms with E-state index in [0.29, 0.717) is 17.9 Å². The predicted octanol–water partition coefficient (Wildman–Crippen LogP) is 3.86. The highest BCUT2D eigenvalue weighted by molar-refractivity contribution is 5.89. The Hall–Kier alpha value is -2.86. The SMILES string of the molecule is CCOc1ccc(C(=O)OCc2ccccc2CC(OC(C)C)C(=O)O)cc1. The van der Waals surface area contributed by atoms with Gasteiger partial charge in [0.05, 0.1) is 18.3 Å². The van der Waals surface area contributed by atoms with Crippen LogP contribution in [0.25, 0.3) is 0 Å². The number of esters is 1. The lowest BCUT2D eigenvalue weighted by Gasteiger charge is -2.18. The molecule has 0 heterocycles. The maximum atomic E-state index is 12.3. The van der Waals surface area contributed by atoms with E-state index in [-0.39, 0.29) is 19.1 Å². The molecule has 0 aliphatic carbocycles. The van der Waals surface area contributed by atoms with Crippen LogP contribution in [0.2, 0.25) is 0 Å². The van der Waals surface area contributed by atoms with Gasteiger partial charge in [-0.2, -0.15) is 0 Å². The van der Waals surface area contributed by atoms with Gasteiger partial charge in [-0.05, 0) is 56.2 Å². The first-order chi connectivity index (χ1) is 13.4. The van der Waals surface area contributed by atoms with Gasteiger partial charge in [-0.1, -0.05) is 24.3 Å². The highest BCUT2D eigenvalue weighted by Gasteiger charge is 2.21. The second-order valence-corrected chi connectivity index (χ2v) is 6.52. The number of carboxylic acid groups (broad SMARTS) is 1. The maximum absolute atomic E-state index is 12.3. The Morgan fingerprint density at radius 2 is 1.64 bits per heavy atom. The van der Waals surface area contributed by atoms with Crippen LogP contribution in [0, 0.1) is 0 Å². The Morgan fingerprint density at radius 3 is 2.21 bits per heavy atom. The normalized spacial score (nSPS) is 11.9. The number of carbonyl (C=O) groups is 2. The summed E-state index contributed by atoms with van der Waals surface area (Å²) in [7, 11) is 0. The van der Waals surface area contributed by atoms with E-state index >= 15 is 0 Å². The largest absolute Gasteiger partial charge is 0.494 e. The highest BCUT2D eigenvalue weighted by atomic mass is 16.5. The van der Waals surface area contributed by atoms with Gasteiger partial charge in [0.15, 0.2) is 6.10 Å². The number of aliphatic carboxylic acids is 1. The number of carboxylic acids is 1. The number of rotatable bonds is 10. The van der Waals surface area contributed by atoms with Crippen LogP contribution in [-0.2, 0) is 27.3 Å². The summed E-state index contributed by atoms with van der Waals surface area (Å²) >= 11 is 0. The first kappa shape index (κ1) is 21.4. The van der Waals surface area contributed by atoms with Crippen molar-refractivity contribution in [1.82, 2.24) is 0 Å². The van der Waals surface area contributed by atoms with Crippen molar-refractivity contribution < 1.29 is 28.9 Å². The summed E-state index contributed by atoms with van der Waals surface area (Å²) in [5.41, 5.74) is 1.95. The molecular weight excluding hydrogens is 360 g/mol. The molecule has 2 aromatic carbocycles. The Bertz CT molecular complexity index is 782. The molecule has 0 saturated carbocycles. The molecule has 0 bridgehead atoms. The zero-order valence-electron chi connectivity index (χ0n) is 16.4. The van der Waals surface area contributed by atoms with E-state index in [4.69, 9.17) is 14.2 Å². The van der Waals surface area contributed by atoms with Gasteiger partial charge in [-0.15, -0.1) is 0 Å². The summed E-state index contributed by atoms with van der Waals surface area (Å²) < 4.78 is 16.2. The molecule has 0 aromatic heterocycles. The van der Waals surface area contributed by atoms with Crippen molar-refractivity contribution in [1.29, 1.82) is 0 Å². The van der Waals surface area contributed by atoms with Crippen molar-refractivity contribution in [2.45, 2.75) is 46.0 Å². The minimum absolute atomic E-state index is 0.0518. The molecule has 0 saturated heterocycles. The van der Waals surface area contributed by atoms with Crippen molar-refractivity contribution >= 4 is 11.9 Å². The lowest BCUT2D eigenvalue weighted by molar-refractivity contribution is -0.153. The first-order valence-corrected chi connectivity index (χ1v) is 9.25. The van der Waals surface area contributed by atoms with E-state index < -0.39 is 18.0 Å². The summed E-state index contributed by atoms with van der Waals surface area (Å²) in [6.07, 6.45) is -0.960. The molecule has 0 aliphatic heterocycles. The van der Waals surface area contributed by atoms with E-state index in [1.54, 1.807) is 38.1 Å². The molecule has 0 amide bonds. The third kappa shape index (κ3) is 6.39. The molecule has 0 aliphatic rings. The number of ether oxygens (including phenoxy) is 3. The quantitative estimate of drug-likeness (QED) is 0.625. The van der Waals surface area contributed by atoms with Gasteiger partial charge in [0, 0.05) is 6.42 Å². The van der Waals surface area contributed by atoms with Crippen LogP contribution in [0.5, 0.6) is 5.75 Å². The van der Waals surface area contributed by atoms with Crippen molar-refractivity contribution in [2.24, 2.45) is 0 Å². The van der Waals surface area contributed by atoms with E-state index in [9.17, 15) is 14.7 Å². The van der Waals surface area contributed by atoms with Crippen LogP contribution in [0.3, 0.4) is 0 Å². The fourth-order valence-electron chi connectivity index (χ4n) is 2.70. The smallest absolute Gasteiger partial charge is 0.338 e. The molecule has 1 unspecified atom stereocenters. The van der Waals surface area contributed by atoms with Gasteiger partial charge in [-0.25, -0.2) is 9.59 Å². The molecular formula is C22H26O6. The number of hydrogen-bond donors (Lipinski definition) is 1. The van der Waals surface area contributed by atoms with Gasteiger partial charge in [0.25, 0.3) is 0 Å². The Kier molecular flexibility index (Phi) is 8.02. The summed E-state index contributed by atoms with van der Waals surface area (Å²) in [5.74, 6) is -0.782. The van der Waals surface area contributed by atoms with Gasteiger partial charge >= 0.3 is 11.9 Å². The van der Waals surface area contributed by atoms with Gasteiger partial charge < -0.3 is 19.3 Å². The van der Waals surface area contributed by atoms with Crippen LogP contribution >= 0.6 is 0 Å². The molecule has 2 rings (SSSR count). The molecule has 0 spiro atoms. The molecule has 28 heavy (non-hydrogen) atoms. The van der Waals surface area contributed by atoms with Crippen LogP contribution in [0.4, 0.5) is 0 Å². The van der Waals surface area contributed by atoms with Crippen LogP contribution < -0.4 is 4.74 Å². The second kappa shape index (κ2) is 10.5. The van der Waals surface area contributed by atoms with E-state index in [2.05, 4.69) is 0 Å². The molecule has 150 valence electrons. The zero-order chi connectivity index (χ0) is 20.5. The summed E-state index contributed by atoms with van der Waals surface area (Å²) in [4.78, 5) is 23.7. The monoisotopic (exact) mass is 386 g/mol. The second-order valence-electron chi connectivity index (χ2n) is 6.52. The molecule has 2 aromatic rings. The summed E-state index contributed by atoms with van der Waals surface area (Å²) in [6, 6.07) is 14.0. The predicted molar refractivity (Wildman–Crippen MR) is 105 cm³/mol. The van der Waals surface area contributed by atoms with Crippen LogP contribution in [-0.4, -0.2) is 35.9 Å². The third-order valence-corrected chi connectivity index (χ3v) is 4.00. The Labute approximate surface area is 165 Å². The van der Waals surface area contributed by atoms with Crippen LogP contribution in [0.1, 0.15) is 42.3 Å². The van der Waals surface area contributed by atoms with Crippen molar-refractivity contribution in [3.8, 4) is 5.75 Å². The molecule has 6 heteroatoms. The van der Waals surface area contributed by atoms with Gasteiger partial charge in [-0.3, -0.25) is 0 Å². The molecule has 1 N–H and O–H groups in total. The topological polar surface area (TPSA) is 82.1 Å². The molecule has 0 fully saturated rings. The minimum Gasteiger partial charge on any atom is -0.494 e. The lowest BCUT2D eigenvalue weighted by Crippen LogP contribution is -2.29. The fourth-order valence-corrected chi connectivity index (χ4v) is 2.70. The zero-order valence-corrected chi connectivity index (χ0v) is 16.4. The average molecular weight is 386 g/mol. The highest BCUT2D eigenvalue weighted by Crippen LogP contribution is 2.17. The number of benzene rings is 2. The standard InChI is InChI=1S/C22H26O6/c1-4-26-19-11-9-16(10-12-19)22(25)27-14-18-8-6-5-7-17(18)13-20(21(23)24)28-15(2)3/h5-12,15,20H,4,13-14H2,1-3H3,(H,23,24). The van der Waals surface area contributed by atoms with Crippen molar-refractivity contribution in [3.05, 3.63) is 65.2 Å². The Morgan fingerprint density at radius 1 is 1.00 bits per heavy atom. The number of carbonyl (C=O) groups excluding carboxylic acids is 1. The average Bonchev–Trinajstić information content (AvgIpc) is 2.67.